The van der Waals surface area contributed by atoms with Crippen molar-refractivity contribution in [2.45, 2.75) is 25.8 Å². The number of rotatable bonds is 5. The van der Waals surface area contributed by atoms with Crippen LogP contribution in [0.5, 0.6) is 17.2 Å². The van der Waals surface area contributed by atoms with Gasteiger partial charge in [0.05, 0.1) is 31.3 Å². The number of nitrogens with one attached hydrogen (secondary N) is 1. The van der Waals surface area contributed by atoms with Crippen molar-refractivity contribution in [3.05, 3.63) is 71.0 Å². The topological polar surface area (TPSA) is 60.2 Å². The number of fused-ring (bicyclic) bond motifs is 1. The Kier molecular flexibility index (Phi) is 5.67. The Morgan fingerprint density at radius 3 is 2.72 bits per heavy atom. The lowest BCUT2D eigenvalue weighted by molar-refractivity contribution is -0.918. The summed E-state index contributed by atoms with van der Waals surface area (Å²) in [5.74, 6) is 1.58. The van der Waals surface area contributed by atoms with E-state index in [9.17, 15) is 9.90 Å². The number of methoxy groups -OCH3 is 1. The smallest absolute Gasteiger partial charge is 0.231 e. The fourth-order valence-corrected chi connectivity index (χ4v) is 4.00. The molecule has 0 spiro atoms. The molecule has 2 aliphatic heterocycles. The summed E-state index contributed by atoms with van der Waals surface area (Å²) in [6.07, 6.45) is 8.99. The molecule has 2 aromatic rings. The third-order valence-electron chi connectivity index (χ3n) is 5.57. The van der Waals surface area contributed by atoms with Gasteiger partial charge in [0.1, 0.15) is 18.0 Å². The Labute approximate surface area is 170 Å². The van der Waals surface area contributed by atoms with Crippen molar-refractivity contribution >= 4 is 11.9 Å². The molecule has 0 radical (unpaired) electrons. The van der Waals surface area contributed by atoms with E-state index >= 15 is 0 Å². The van der Waals surface area contributed by atoms with Gasteiger partial charge in [0.15, 0.2) is 11.5 Å². The summed E-state index contributed by atoms with van der Waals surface area (Å²) in [5.41, 5.74) is 2.16. The van der Waals surface area contributed by atoms with E-state index in [2.05, 4.69) is 0 Å². The maximum absolute atomic E-state index is 12.8. The van der Waals surface area contributed by atoms with Gasteiger partial charge in [-0.05, 0) is 43.5 Å². The standard InChI is InChI=1S/C24H25NO4/c1-28-21-10-4-3-8-17(21)9-7-11-22-23(27)18-12-13-20(26)19(24(18)29-22)16-25-14-5-2-6-15-25/h3-4,7-13,26H,2,5-6,14-16H2,1H3/p+1/b9-7+,22-11+. The van der Waals surface area contributed by atoms with Crippen LogP contribution in [0.1, 0.15) is 40.7 Å². The highest BCUT2D eigenvalue weighted by Crippen LogP contribution is 2.38. The average Bonchev–Trinajstić information content (AvgIpc) is 3.07. The number of hydrogen-bond acceptors (Lipinski definition) is 4. The van der Waals surface area contributed by atoms with Crippen LogP contribution >= 0.6 is 0 Å². The first-order valence-electron chi connectivity index (χ1n) is 10.1. The van der Waals surface area contributed by atoms with Gasteiger partial charge < -0.3 is 19.5 Å². The number of carbonyl (C=O) groups is 1. The number of phenolic OH excluding ortho intramolecular Hbond substituents is 1. The molecule has 0 amide bonds. The lowest BCUT2D eigenvalue weighted by Gasteiger charge is -2.24. The SMILES string of the molecule is COc1ccccc1/C=C/C=C1/Oc2c(ccc(O)c2C[NH+]2CCCCC2)C1=O. The van der Waals surface area contributed by atoms with Crippen molar-refractivity contribution in [3.63, 3.8) is 0 Å². The van der Waals surface area contributed by atoms with Crippen LogP contribution in [0.4, 0.5) is 0 Å². The lowest BCUT2D eigenvalue weighted by atomic mass is 10.0. The number of carbonyl (C=O) groups excluding carboxylic acids is 1. The summed E-state index contributed by atoms with van der Waals surface area (Å²) < 4.78 is 11.3. The minimum absolute atomic E-state index is 0.153. The molecule has 5 nitrogen and oxygen atoms in total. The number of phenols is 1. The molecule has 5 heteroatoms. The van der Waals surface area contributed by atoms with Crippen LogP contribution in [0.3, 0.4) is 0 Å². The van der Waals surface area contributed by atoms with E-state index in [-0.39, 0.29) is 17.3 Å². The minimum Gasteiger partial charge on any atom is -0.507 e. The van der Waals surface area contributed by atoms with Gasteiger partial charge in [-0.15, -0.1) is 0 Å². The summed E-state index contributed by atoms with van der Waals surface area (Å²) in [6.45, 7) is 2.84. The second-order valence-corrected chi connectivity index (χ2v) is 7.49. The molecule has 2 heterocycles. The van der Waals surface area contributed by atoms with Gasteiger partial charge in [-0.3, -0.25) is 4.79 Å². The van der Waals surface area contributed by atoms with E-state index in [0.717, 1.165) is 30.0 Å². The molecule has 1 saturated heterocycles. The quantitative estimate of drug-likeness (QED) is 0.768. The number of allylic oxidation sites excluding steroid dienone is 3. The highest BCUT2D eigenvalue weighted by Gasteiger charge is 2.32. The summed E-state index contributed by atoms with van der Waals surface area (Å²) in [6, 6.07) is 10.9. The molecule has 4 rings (SSSR count). The lowest BCUT2D eigenvalue weighted by Crippen LogP contribution is -3.11. The number of quaternary nitrogens is 1. The Bertz CT molecular complexity index is 971. The molecule has 150 valence electrons. The van der Waals surface area contributed by atoms with E-state index in [1.807, 2.05) is 30.3 Å². The largest absolute Gasteiger partial charge is 0.507 e. The zero-order valence-electron chi connectivity index (χ0n) is 16.6. The van der Waals surface area contributed by atoms with E-state index < -0.39 is 0 Å². The van der Waals surface area contributed by atoms with Crippen LogP contribution in [0, 0.1) is 0 Å². The third-order valence-corrected chi connectivity index (χ3v) is 5.57. The van der Waals surface area contributed by atoms with Crippen LogP contribution in [0.2, 0.25) is 0 Å². The fourth-order valence-electron chi connectivity index (χ4n) is 4.00. The van der Waals surface area contributed by atoms with Crippen molar-refractivity contribution < 1.29 is 24.3 Å². The number of likely N-dealkylation sites (tertiary alicyclic amines) is 1. The maximum Gasteiger partial charge on any atom is 0.231 e. The van der Waals surface area contributed by atoms with Crippen molar-refractivity contribution in [2.75, 3.05) is 20.2 Å². The van der Waals surface area contributed by atoms with Gasteiger partial charge >= 0.3 is 0 Å². The predicted molar refractivity (Wildman–Crippen MR) is 111 cm³/mol. The molecule has 0 aliphatic carbocycles. The number of aromatic hydroxyl groups is 1. The molecular weight excluding hydrogens is 366 g/mol. The molecule has 29 heavy (non-hydrogen) atoms. The Morgan fingerprint density at radius 1 is 1.14 bits per heavy atom. The fraction of sp³-hybridized carbons (Fsp3) is 0.292. The molecule has 2 aliphatic rings. The highest BCUT2D eigenvalue weighted by atomic mass is 16.5. The summed E-state index contributed by atoms with van der Waals surface area (Å²) >= 11 is 0. The van der Waals surface area contributed by atoms with Gasteiger partial charge in [0.25, 0.3) is 0 Å². The van der Waals surface area contributed by atoms with E-state index in [4.69, 9.17) is 9.47 Å². The number of hydrogen-bond donors (Lipinski definition) is 2. The van der Waals surface area contributed by atoms with E-state index in [1.165, 1.54) is 24.2 Å². The molecule has 0 bridgehead atoms. The van der Waals surface area contributed by atoms with Crippen molar-refractivity contribution in [1.29, 1.82) is 0 Å². The second-order valence-electron chi connectivity index (χ2n) is 7.49. The minimum atomic E-state index is -0.153. The van der Waals surface area contributed by atoms with Crippen LogP contribution in [-0.4, -0.2) is 31.1 Å². The third kappa shape index (κ3) is 4.05. The number of ether oxygens (including phenoxy) is 2. The van der Waals surface area contributed by atoms with Crippen molar-refractivity contribution in [1.82, 2.24) is 0 Å². The number of benzene rings is 2. The zero-order chi connectivity index (χ0) is 20.2. The Hall–Kier alpha value is -3.05. The van der Waals surface area contributed by atoms with Crippen molar-refractivity contribution in [3.8, 4) is 17.2 Å². The van der Waals surface area contributed by atoms with Gasteiger partial charge in [-0.2, -0.15) is 0 Å². The first kappa shape index (κ1) is 19.3. The van der Waals surface area contributed by atoms with Gasteiger partial charge in [0.2, 0.25) is 5.78 Å². The summed E-state index contributed by atoms with van der Waals surface area (Å²) in [4.78, 5) is 14.2. The van der Waals surface area contributed by atoms with E-state index in [1.54, 1.807) is 31.4 Å². The van der Waals surface area contributed by atoms with E-state index in [0.29, 0.717) is 17.9 Å². The molecule has 2 aromatic carbocycles. The monoisotopic (exact) mass is 392 g/mol. The molecule has 2 N–H and O–H groups in total. The maximum atomic E-state index is 12.8. The Balaban J connectivity index is 1.57. The summed E-state index contributed by atoms with van der Waals surface area (Å²) in [5, 5.41) is 10.4. The van der Waals surface area contributed by atoms with Crippen molar-refractivity contribution in [2.24, 2.45) is 0 Å². The molecule has 0 saturated carbocycles. The molecule has 0 unspecified atom stereocenters. The molecule has 0 aromatic heterocycles. The molecule has 1 fully saturated rings. The number of piperidine rings is 1. The number of ketones is 1. The number of para-hydroxylation sites is 1. The van der Waals surface area contributed by atoms with Gasteiger partial charge in [-0.25, -0.2) is 0 Å². The highest BCUT2D eigenvalue weighted by molar-refractivity contribution is 6.12. The zero-order valence-corrected chi connectivity index (χ0v) is 16.6. The first-order valence-corrected chi connectivity index (χ1v) is 10.1. The van der Waals surface area contributed by atoms with Crippen LogP contribution in [-0.2, 0) is 6.54 Å². The normalized spacial score (nSPS) is 18.2. The van der Waals surface area contributed by atoms with Crippen LogP contribution in [0.25, 0.3) is 6.08 Å². The first-order chi connectivity index (χ1) is 14.2. The van der Waals surface area contributed by atoms with Gasteiger partial charge in [-0.1, -0.05) is 30.4 Å². The van der Waals surface area contributed by atoms with Crippen LogP contribution < -0.4 is 14.4 Å². The Morgan fingerprint density at radius 2 is 1.93 bits per heavy atom. The summed E-state index contributed by atoms with van der Waals surface area (Å²) in [7, 11) is 1.63. The number of Topliss-reactive ketones (excluding diaryl/α,β-unsaturated/α-hetero) is 1. The second kappa shape index (κ2) is 8.53. The van der Waals surface area contributed by atoms with Crippen LogP contribution in [0.15, 0.2) is 54.3 Å². The molecular formula is C24H26NO4+. The average molecular weight is 392 g/mol. The molecule has 0 atom stereocenters. The van der Waals surface area contributed by atoms with Gasteiger partial charge in [0, 0.05) is 5.56 Å². The predicted octanol–water partition coefficient (Wildman–Crippen LogP) is 3.14.